The molecular formula is C32H20F3N5O7. The molecule has 1 aliphatic rings. The first-order valence-corrected chi connectivity index (χ1v) is 13.7. The number of nitrogens with zero attached hydrogens (tertiary/aromatic N) is 4. The van der Waals surface area contributed by atoms with Crippen LogP contribution in [0, 0.1) is 0 Å². The first-order chi connectivity index (χ1) is 22.4. The minimum atomic E-state index is -4.90. The summed E-state index contributed by atoms with van der Waals surface area (Å²) in [5.41, 5.74) is -0.434. The van der Waals surface area contributed by atoms with Crippen molar-refractivity contribution in [2.75, 3.05) is 10.2 Å². The minimum absolute atomic E-state index is 0.0179. The Balaban J connectivity index is 1.28. The van der Waals surface area contributed by atoms with Gasteiger partial charge in [0.05, 0.1) is 16.7 Å². The molecule has 12 nitrogen and oxygen atoms in total. The predicted octanol–water partition coefficient (Wildman–Crippen LogP) is 4.72. The lowest BCUT2D eigenvalue weighted by molar-refractivity contribution is -0.274. The molecule has 1 N–H and O–H groups in total. The zero-order valence-corrected chi connectivity index (χ0v) is 24.0. The average molecular weight is 644 g/mol. The second-order valence-electron chi connectivity index (χ2n) is 10.1. The van der Waals surface area contributed by atoms with E-state index in [4.69, 9.17) is 4.74 Å². The van der Waals surface area contributed by atoms with Crippen molar-refractivity contribution in [3.63, 3.8) is 0 Å². The molecule has 47 heavy (non-hydrogen) atoms. The average Bonchev–Trinajstić information content (AvgIpc) is 3.28. The number of halogens is 3. The standard InChI is InChI=1S/C32H20F3N5O7/c1-17(41)46-26(23-7-4-14-39(29(23)43)19-8-10-20(11-9-19)47-32(33,34)35)28(42)38-25-15-18-12-13-36-27(24(18)16-37-25)40-30(44)21-5-2-3-6-22(21)31(40)45/h2-16,26H,1H3,(H,37,38,42). The molecule has 4 heterocycles. The van der Waals surface area contributed by atoms with Crippen LogP contribution in [-0.2, 0) is 14.3 Å². The Morgan fingerprint density at radius 2 is 1.57 bits per heavy atom. The van der Waals surface area contributed by atoms with Gasteiger partial charge >= 0.3 is 12.3 Å². The van der Waals surface area contributed by atoms with Gasteiger partial charge in [-0.1, -0.05) is 12.1 Å². The molecule has 0 saturated heterocycles. The van der Waals surface area contributed by atoms with Crippen LogP contribution in [-0.4, -0.2) is 44.6 Å². The van der Waals surface area contributed by atoms with Crippen molar-refractivity contribution in [1.29, 1.82) is 0 Å². The third-order valence-corrected chi connectivity index (χ3v) is 7.01. The van der Waals surface area contributed by atoms with Crippen molar-refractivity contribution >= 4 is 46.1 Å². The Morgan fingerprint density at radius 1 is 0.894 bits per heavy atom. The summed E-state index contributed by atoms with van der Waals surface area (Å²) >= 11 is 0. The molecule has 0 aliphatic carbocycles. The van der Waals surface area contributed by atoms with Crippen LogP contribution in [0.25, 0.3) is 16.5 Å². The van der Waals surface area contributed by atoms with Crippen molar-refractivity contribution in [3.8, 4) is 11.4 Å². The third kappa shape index (κ3) is 6.01. The fourth-order valence-corrected chi connectivity index (χ4v) is 5.02. The van der Waals surface area contributed by atoms with Gasteiger partial charge in [-0.2, -0.15) is 0 Å². The van der Waals surface area contributed by atoms with Gasteiger partial charge < -0.3 is 14.8 Å². The van der Waals surface area contributed by atoms with Crippen LogP contribution in [0.2, 0.25) is 0 Å². The monoisotopic (exact) mass is 643 g/mol. The topological polar surface area (TPSA) is 150 Å². The maximum Gasteiger partial charge on any atom is 0.573 e. The normalized spacial score (nSPS) is 13.3. The number of hydrogen-bond donors (Lipinski definition) is 1. The van der Waals surface area contributed by atoms with E-state index in [1.165, 1.54) is 61.1 Å². The van der Waals surface area contributed by atoms with Crippen LogP contribution in [0.1, 0.15) is 39.3 Å². The van der Waals surface area contributed by atoms with Gasteiger partial charge in [-0.05, 0) is 66.0 Å². The fourth-order valence-electron chi connectivity index (χ4n) is 5.02. The van der Waals surface area contributed by atoms with Crippen LogP contribution >= 0.6 is 0 Å². The van der Waals surface area contributed by atoms with E-state index in [1.807, 2.05) is 0 Å². The highest BCUT2D eigenvalue weighted by Crippen LogP contribution is 2.32. The molecule has 6 rings (SSSR count). The number of carbonyl (C=O) groups excluding carboxylic acids is 4. The minimum Gasteiger partial charge on any atom is -0.447 e. The molecule has 3 aromatic heterocycles. The molecule has 0 saturated carbocycles. The van der Waals surface area contributed by atoms with Crippen molar-refractivity contribution < 1.29 is 41.8 Å². The molecule has 0 spiro atoms. The van der Waals surface area contributed by atoms with Gasteiger partial charge in [0.15, 0.2) is 5.82 Å². The number of nitrogens with one attached hydrogen (secondary N) is 1. The smallest absolute Gasteiger partial charge is 0.447 e. The Morgan fingerprint density at radius 3 is 2.21 bits per heavy atom. The van der Waals surface area contributed by atoms with Crippen molar-refractivity contribution in [2.45, 2.75) is 19.4 Å². The highest BCUT2D eigenvalue weighted by Gasteiger charge is 2.38. The van der Waals surface area contributed by atoms with E-state index in [0.717, 1.165) is 28.5 Å². The van der Waals surface area contributed by atoms with E-state index in [-0.39, 0.29) is 34.0 Å². The summed E-state index contributed by atoms with van der Waals surface area (Å²) in [7, 11) is 0. The van der Waals surface area contributed by atoms with Crippen molar-refractivity contribution in [3.05, 3.63) is 118 Å². The number of rotatable bonds is 7. The predicted molar refractivity (Wildman–Crippen MR) is 159 cm³/mol. The zero-order chi connectivity index (χ0) is 33.5. The van der Waals surface area contributed by atoms with Gasteiger partial charge in [-0.25, -0.2) is 14.9 Å². The van der Waals surface area contributed by atoms with E-state index >= 15 is 0 Å². The largest absolute Gasteiger partial charge is 0.573 e. The summed E-state index contributed by atoms with van der Waals surface area (Å²) in [6.07, 6.45) is -2.65. The molecule has 5 aromatic rings. The maximum atomic E-state index is 13.4. The number of carbonyl (C=O) groups is 4. The number of esters is 1. The number of aromatic nitrogens is 3. The molecule has 0 fully saturated rings. The number of amides is 3. The quantitative estimate of drug-likeness (QED) is 0.196. The lowest BCUT2D eigenvalue weighted by atomic mass is 10.1. The molecule has 1 aliphatic heterocycles. The Labute approximate surface area is 262 Å². The first kappa shape index (κ1) is 30.6. The second-order valence-corrected chi connectivity index (χ2v) is 10.1. The summed E-state index contributed by atoms with van der Waals surface area (Å²) in [6, 6.07) is 16.5. The Hall–Kier alpha value is -6.38. The zero-order valence-electron chi connectivity index (χ0n) is 24.0. The first-order valence-electron chi connectivity index (χ1n) is 13.7. The summed E-state index contributed by atoms with van der Waals surface area (Å²) in [5.74, 6) is -3.40. The van der Waals surface area contributed by atoms with E-state index in [9.17, 15) is 37.1 Å². The Bertz CT molecular complexity index is 2110. The van der Waals surface area contributed by atoms with Crippen molar-refractivity contribution in [2.24, 2.45) is 0 Å². The number of alkyl halides is 3. The lowest BCUT2D eigenvalue weighted by Crippen LogP contribution is -2.32. The molecule has 3 amide bonds. The van der Waals surface area contributed by atoms with E-state index < -0.39 is 47.5 Å². The lowest BCUT2D eigenvalue weighted by Gasteiger charge is -2.18. The Kier molecular flexibility index (Phi) is 7.72. The van der Waals surface area contributed by atoms with Gasteiger partial charge in [0.25, 0.3) is 23.3 Å². The molecular weight excluding hydrogens is 623 g/mol. The molecule has 236 valence electrons. The van der Waals surface area contributed by atoms with Gasteiger partial charge in [0, 0.05) is 36.6 Å². The summed E-state index contributed by atoms with van der Waals surface area (Å²) in [4.78, 5) is 74.3. The number of imide groups is 1. The summed E-state index contributed by atoms with van der Waals surface area (Å²) in [5, 5.41) is 3.28. The van der Waals surface area contributed by atoms with Crippen LogP contribution in [0.15, 0.2) is 96.2 Å². The number of pyridine rings is 3. The van der Waals surface area contributed by atoms with Gasteiger partial charge in [-0.15, -0.1) is 13.2 Å². The highest BCUT2D eigenvalue weighted by molar-refractivity contribution is 6.35. The molecule has 2 aromatic carbocycles. The number of fused-ring (bicyclic) bond motifs is 2. The maximum absolute atomic E-state index is 13.4. The van der Waals surface area contributed by atoms with Crippen LogP contribution in [0.3, 0.4) is 0 Å². The number of ether oxygens (including phenoxy) is 2. The molecule has 0 bridgehead atoms. The van der Waals surface area contributed by atoms with Crippen LogP contribution < -0.4 is 20.5 Å². The van der Waals surface area contributed by atoms with Gasteiger partial charge in [-0.3, -0.25) is 28.5 Å². The van der Waals surface area contributed by atoms with Crippen LogP contribution in [0.5, 0.6) is 5.75 Å². The second kappa shape index (κ2) is 11.8. The van der Waals surface area contributed by atoms with Crippen LogP contribution in [0.4, 0.5) is 24.8 Å². The molecule has 0 radical (unpaired) electrons. The molecule has 15 heteroatoms. The third-order valence-electron chi connectivity index (χ3n) is 7.01. The highest BCUT2D eigenvalue weighted by atomic mass is 19.4. The van der Waals surface area contributed by atoms with Gasteiger partial charge in [0.1, 0.15) is 11.6 Å². The van der Waals surface area contributed by atoms with E-state index in [0.29, 0.717) is 10.8 Å². The number of hydrogen-bond acceptors (Lipinski definition) is 9. The number of benzene rings is 2. The van der Waals surface area contributed by atoms with E-state index in [1.54, 1.807) is 18.2 Å². The van der Waals surface area contributed by atoms with Crippen molar-refractivity contribution in [1.82, 2.24) is 14.5 Å². The molecule has 1 atom stereocenters. The van der Waals surface area contributed by atoms with E-state index in [2.05, 4.69) is 20.0 Å². The van der Waals surface area contributed by atoms with Gasteiger partial charge in [0.2, 0.25) is 6.10 Å². The summed E-state index contributed by atoms with van der Waals surface area (Å²) in [6.45, 7) is 1.04. The number of anilines is 2. The molecule has 1 unspecified atom stereocenters. The fraction of sp³-hybridized carbons (Fsp3) is 0.0938. The summed E-state index contributed by atoms with van der Waals surface area (Å²) < 4.78 is 47.8. The SMILES string of the molecule is CC(=O)OC(C(=O)Nc1cc2ccnc(N3C(=O)c4ccccc4C3=O)c2cn1)c1cccn(-c2ccc(OC(F)(F)F)cc2)c1=O.